The molecule has 4 heteroatoms. The molecule has 0 radical (unpaired) electrons. The number of hydrogen-bond donors (Lipinski definition) is 0. The summed E-state index contributed by atoms with van der Waals surface area (Å²) in [7, 11) is 0. The van der Waals surface area contributed by atoms with Gasteiger partial charge in [0.15, 0.2) is 0 Å². The quantitative estimate of drug-likeness (QED) is 0.787. The number of carbonyl (C=O) groups is 2. The molecule has 3 fully saturated rings. The Balaban J connectivity index is 1.63. The molecule has 2 saturated carbocycles. The third kappa shape index (κ3) is 3.02. The van der Waals surface area contributed by atoms with E-state index < -0.39 is 0 Å². The molecule has 1 aliphatic heterocycles. The van der Waals surface area contributed by atoms with E-state index in [1.54, 1.807) is 0 Å². The summed E-state index contributed by atoms with van der Waals surface area (Å²) in [6, 6.07) is 0.323. The summed E-state index contributed by atoms with van der Waals surface area (Å²) in [5, 5.41) is 0. The van der Waals surface area contributed by atoms with Crippen molar-refractivity contribution >= 4 is 11.8 Å². The molecule has 0 aromatic carbocycles. The van der Waals surface area contributed by atoms with Crippen molar-refractivity contribution in [1.29, 1.82) is 0 Å². The lowest BCUT2D eigenvalue weighted by atomic mass is 9.99. The first kappa shape index (κ1) is 15.8. The molecule has 1 heterocycles. The van der Waals surface area contributed by atoms with Crippen molar-refractivity contribution in [2.24, 2.45) is 11.8 Å². The molecule has 0 N–H and O–H groups in total. The number of hydrogen-bond acceptors (Lipinski definition) is 2. The van der Waals surface area contributed by atoms with Crippen LogP contribution in [0.3, 0.4) is 0 Å². The molecule has 4 nitrogen and oxygen atoms in total. The molecule has 0 aromatic heterocycles. The normalized spacial score (nSPS) is 31.0. The minimum atomic E-state index is 0.162. The van der Waals surface area contributed by atoms with Gasteiger partial charge in [-0.3, -0.25) is 9.59 Å². The van der Waals surface area contributed by atoms with Crippen LogP contribution in [0.5, 0.6) is 0 Å². The van der Waals surface area contributed by atoms with E-state index in [9.17, 15) is 9.59 Å². The first-order valence-corrected chi connectivity index (χ1v) is 9.19. The summed E-state index contributed by atoms with van der Waals surface area (Å²) in [5.41, 5.74) is 0. The third-order valence-corrected chi connectivity index (χ3v) is 5.96. The molecular weight excluding hydrogens is 276 g/mol. The Morgan fingerprint density at radius 1 is 0.682 bits per heavy atom. The second-order valence-electron chi connectivity index (χ2n) is 7.64. The summed E-state index contributed by atoms with van der Waals surface area (Å²) >= 11 is 0. The lowest BCUT2D eigenvalue weighted by Gasteiger charge is -2.45. The minimum absolute atomic E-state index is 0.162. The van der Waals surface area contributed by atoms with Crippen molar-refractivity contribution in [2.75, 3.05) is 13.1 Å². The zero-order chi connectivity index (χ0) is 15.7. The van der Waals surface area contributed by atoms with Crippen molar-refractivity contribution in [3.8, 4) is 0 Å². The molecule has 2 atom stereocenters. The van der Waals surface area contributed by atoms with Crippen LogP contribution in [-0.4, -0.2) is 46.8 Å². The smallest absolute Gasteiger partial charge is 0.226 e. The van der Waals surface area contributed by atoms with Crippen LogP contribution >= 0.6 is 0 Å². The van der Waals surface area contributed by atoms with Gasteiger partial charge >= 0.3 is 0 Å². The van der Waals surface area contributed by atoms with Gasteiger partial charge in [0, 0.05) is 37.0 Å². The molecule has 3 rings (SSSR count). The highest BCUT2D eigenvalue weighted by Gasteiger charge is 2.39. The Morgan fingerprint density at radius 2 is 1.00 bits per heavy atom. The van der Waals surface area contributed by atoms with E-state index in [2.05, 4.69) is 23.6 Å². The van der Waals surface area contributed by atoms with Crippen molar-refractivity contribution in [2.45, 2.75) is 77.3 Å². The van der Waals surface area contributed by atoms with Crippen LogP contribution in [0.15, 0.2) is 0 Å². The average molecular weight is 306 g/mol. The van der Waals surface area contributed by atoms with Crippen LogP contribution in [0, 0.1) is 11.8 Å². The van der Waals surface area contributed by atoms with Crippen molar-refractivity contribution < 1.29 is 9.59 Å². The van der Waals surface area contributed by atoms with Crippen LogP contribution in [-0.2, 0) is 9.59 Å². The van der Waals surface area contributed by atoms with Crippen LogP contribution in [0.1, 0.15) is 65.2 Å². The minimum Gasteiger partial charge on any atom is -0.336 e. The summed E-state index contributed by atoms with van der Waals surface area (Å²) < 4.78 is 0. The van der Waals surface area contributed by atoms with Crippen molar-refractivity contribution in [1.82, 2.24) is 9.80 Å². The largest absolute Gasteiger partial charge is 0.336 e. The highest BCUT2D eigenvalue weighted by atomic mass is 16.2. The SMILES string of the molecule is C[C@@H]1CN(C(=O)C2CCCC2)[C@@H](C)CN1C(=O)C1CCCC1. The van der Waals surface area contributed by atoms with E-state index in [1.807, 2.05) is 0 Å². The van der Waals surface area contributed by atoms with Crippen LogP contribution < -0.4 is 0 Å². The van der Waals surface area contributed by atoms with Crippen LogP contribution in [0.2, 0.25) is 0 Å². The van der Waals surface area contributed by atoms with Gasteiger partial charge in [-0.25, -0.2) is 0 Å². The molecule has 22 heavy (non-hydrogen) atoms. The molecule has 124 valence electrons. The van der Waals surface area contributed by atoms with Gasteiger partial charge in [-0.2, -0.15) is 0 Å². The fraction of sp³-hybridized carbons (Fsp3) is 0.889. The second kappa shape index (κ2) is 6.59. The Kier molecular flexibility index (Phi) is 4.74. The summed E-state index contributed by atoms with van der Waals surface area (Å²) in [5.74, 6) is 1.16. The van der Waals surface area contributed by atoms with Gasteiger partial charge in [-0.15, -0.1) is 0 Å². The molecule has 3 aliphatic rings. The Labute approximate surface area is 134 Å². The maximum absolute atomic E-state index is 12.7. The van der Waals surface area contributed by atoms with Crippen molar-refractivity contribution in [3.63, 3.8) is 0 Å². The zero-order valence-electron chi connectivity index (χ0n) is 14.1. The fourth-order valence-electron chi connectivity index (χ4n) is 4.56. The molecule has 0 spiro atoms. The van der Waals surface area contributed by atoms with Gasteiger partial charge in [-0.1, -0.05) is 25.7 Å². The number of amides is 2. The van der Waals surface area contributed by atoms with E-state index >= 15 is 0 Å². The standard InChI is InChI=1S/C18H30N2O2/c1-13-11-20(18(22)16-9-5-6-10-16)14(2)12-19(13)17(21)15-7-3-4-8-15/h13-16H,3-12H2,1-2H3/t13-,14+. The highest BCUT2D eigenvalue weighted by molar-refractivity contribution is 5.82. The van der Waals surface area contributed by atoms with E-state index in [-0.39, 0.29) is 23.9 Å². The van der Waals surface area contributed by atoms with Gasteiger partial charge in [-0.05, 0) is 39.5 Å². The Hall–Kier alpha value is -1.06. The fourth-order valence-corrected chi connectivity index (χ4v) is 4.56. The van der Waals surface area contributed by atoms with Gasteiger partial charge < -0.3 is 9.80 Å². The Morgan fingerprint density at radius 3 is 1.32 bits per heavy atom. The number of nitrogens with zero attached hydrogens (tertiary/aromatic N) is 2. The average Bonchev–Trinajstić information content (AvgIpc) is 3.20. The maximum Gasteiger partial charge on any atom is 0.226 e. The van der Waals surface area contributed by atoms with Gasteiger partial charge in [0.2, 0.25) is 11.8 Å². The summed E-state index contributed by atoms with van der Waals surface area (Å²) in [4.78, 5) is 29.5. The molecule has 2 aliphatic carbocycles. The lowest BCUT2D eigenvalue weighted by Crippen LogP contribution is -2.61. The van der Waals surface area contributed by atoms with Gasteiger partial charge in [0.05, 0.1) is 0 Å². The number of piperazine rings is 1. The molecule has 0 bridgehead atoms. The van der Waals surface area contributed by atoms with Crippen LogP contribution in [0.25, 0.3) is 0 Å². The number of rotatable bonds is 2. The monoisotopic (exact) mass is 306 g/mol. The van der Waals surface area contributed by atoms with E-state index in [1.165, 1.54) is 25.7 Å². The topological polar surface area (TPSA) is 40.6 Å². The van der Waals surface area contributed by atoms with Gasteiger partial charge in [0.1, 0.15) is 0 Å². The van der Waals surface area contributed by atoms with E-state index in [0.29, 0.717) is 11.8 Å². The van der Waals surface area contributed by atoms with Gasteiger partial charge in [0.25, 0.3) is 0 Å². The summed E-state index contributed by atoms with van der Waals surface area (Å²) in [6.07, 6.45) is 9.01. The van der Waals surface area contributed by atoms with E-state index in [0.717, 1.165) is 38.8 Å². The predicted octanol–water partition coefficient (Wildman–Crippen LogP) is 2.81. The number of carbonyl (C=O) groups excluding carboxylic acids is 2. The molecule has 2 amide bonds. The predicted molar refractivity (Wildman–Crippen MR) is 86.3 cm³/mol. The van der Waals surface area contributed by atoms with E-state index in [4.69, 9.17) is 0 Å². The first-order valence-electron chi connectivity index (χ1n) is 9.19. The highest BCUT2D eigenvalue weighted by Crippen LogP contribution is 2.31. The lowest BCUT2D eigenvalue weighted by molar-refractivity contribution is -0.150. The zero-order valence-corrected chi connectivity index (χ0v) is 14.1. The first-order chi connectivity index (χ1) is 10.6. The second-order valence-corrected chi connectivity index (χ2v) is 7.64. The molecule has 1 saturated heterocycles. The maximum atomic E-state index is 12.7. The third-order valence-electron chi connectivity index (χ3n) is 5.96. The summed E-state index contributed by atoms with van der Waals surface area (Å²) in [6.45, 7) is 5.64. The molecule has 0 unspecified atom stereocenters. The molecule has 0 aromatic rings. The van der Waals surface area contributed by atoms with Crippen molar-refractivity contribution in [3.05, 3.63) is 0 Å². The Bertz CT molecular complexity index is 385. The van der Waals surface area contributed by atoms with Crippen LogP contribution in [0.4, 0.5) is 0 Å². The molecular formula is C18H30N2O2.